The monoisotopic (exact) mass is 338 g/mol. The minimum absolute atomic E-state index is 0.139. The fraction of sp³-hybridized carbons (Fsp3) is 0.286. The molecule has 3 nitrogen and oxygen atoms in total. The van der Waals surface area contributed by atoms with Crippen LogP contribution >= 0.6 is 0 Å². The summed E-state index contributed by atoms with van der Waals surface area (Å²) in [5.41, 5.74) is 1.71. The number of halogens is 1. The molecule has 130 valence electrons. The van der Waals surface area contributed by atoms with Crippen LogP contribution in [0.25, 0.3) is 6.08 Å². The summed E-state index contributed by atoms with van der Waals surface area (Å²) in [5.74, 6) is -0.0300. The van der Waals surface area contributed by atoms with Crippen molar-refractivity contribution in [2.75, 3.05) is 37.6 Å². The molecule has 0 aliphatic carbocycles. The maximum absolute atomic E-state index is 13.8. The summed E-state index contributed by atoms with van der Waals surface area (Å²) in [5, 5.41) is 0. The number of allylic oxidation sites excluding steroid dienone is 1. The molecule has 2 aromatic carbocycles. The third-order valence-electron chi connectivity index (χ3n) is 4.50. The van der Waals surface area contributed by atoms with Crippen LogP contribution in [0, 0.1) is 5.82 Å². The van der Waals surface area contributed by atoms with E-state index in [2.05, 4.69) is 9.80 Å². The normalized spacial score (nSPS) is 15.6. The van der Waals surface area contributed by atoms with Crippen LogP contribution in [-0.4, -0.2) is 43.4 Å². The SMILES string of the molecule is O=C(/C=C/c1ccccc1)CCN1CCN(c2ccccc2F)CC1. The topological polar surface area (TPSA) is 23.6 Å². The van der Waals surface area contributed by atoms with Crippen molar-refractivity contribution in [1.82, 2.24) is 4.90 Å². The molecule has 1 heterocycles. The Morgan fingerprint density at radius 2 is 1.64 bits per heavy atom. The molecule has 0 atom stereocenters. The first-order chi connectivity index (χ1) is 12.2. The Morgan fingerprint density at radius 3 is 2.36 bits per heavy atom. The molecule has 1 aliphatic rings. The Morgan fingerprint density at radius 1 is 0.960 bits per heavy atom. The van der Waals surface area contributed by atoms with Crippen LogP contribution in [0.1, 0.15) is 12.0 Å². The average Bonchev–Trinajstić information content (AvgIpc) is 2.66. The summed E-state index contributed by atoms with van der Waals surface area (Å²) in [4.78, 5) is 16.4. The van der Waals surface area contributed by atoms with E-state index in [4.69, 9.17) is 0 Å². The molecule has 2 aromatic rings. The Bertz CT molecular complexity index is 722. The van der Waals surface area contributed by atoms with Gasteiger partial charge in [-0.1, -0.05) is 48.5 Å². The van der Waals surface area contributed by atoms with Crippen LogP contribution in [0.15, 0.2) is 60.7 Å². The molecule has 0 spiro atoms. The van der Waals surface area contributed by atoms with Gasteiger partial charge in [-0.25, -0.2) is 4.39 Å². The molecule has 0 bridgehead atoms. The standard InChI is InChI=1S/C21H23FN2O/c22-20-8-4-5-9-21(20)24-16-14-23(15-17-24)13-12-19(25)11-10-18-6-2-1-3-7-18/h1-11H,12-17H2/b11-10+. The molecule has 1 aliphatic heterocycles. The van der Waals surface area contributed by atoms with Gasteiger partial charge in [0.2, 0.25) is 0 Å². The first-order valence-electron chi connectivity index (χ1n) is 8.70. The molecule has 0 amide bonds. The van der Waals surface area contributed by atoms with Crippen LogP contribution < -0.4 is 4.90 Å². The van der Waals surface area contributed by atoms with E-state index < -0.39 is 0 Å². The first kappa shape index (κ1) is 17.4. The Labute approximate surface area is 148 Å². The van der Waals surface area contributed by atoms with Crippen molar-refractivity contribution in [3.05, 3.63) is 72.1 Å². The van der Waals surface area contributed by atoms with E-state index in [1.165, 1.54) is 6.07 Å². The zero-order chi connectivity index (χ0) is 17.5. The molecule has 0 saturated carbocycles. The van der Waals surface area contributed by atoms with E-state index in [-0.39, 0.29) is 11.6 Å². The molecule has 0 radical (unpaired) electrons. The lowest BCUT2D eigenvalue weighted by Crippen LogP contribution is -2.47. The predicted octanol–water partition coefficient (Wildman–Crippen LogP) is 3.62. The van der Waals surface area contributed by atoms with Gasteiger partial charge in [-0.3, -0.25) is 9.69 Å². The van der Waals surface area contributed by atoms with Crippen LogP contribution in [0.5, 0.6) is 0 Å². The van der Waals surface area contributed by atoms with Gasteiger partial charge in [-0.15, -0.1) is 0 Å². The summed E-state index contributed by atoms with van der Waals surface area (Å²) < 4.78 is 13.8. The van der Waals surface area contributed by atoms with Gasteiger partial charge in [-0.05, 0) is 23.8 Å². The summed E-state index contributed by atoms with van der Waals surface area (Å²) in [6.45, 7) is 4.03. The summed E-state index contributed by atoms with van der Waals surface area (Å²) in [6, 6.07) is 16.7. The number of rotatable bonds is 6. The van der Waals surface area contributed by atoms with E-state index in [1.54, 1.807) is 12.1 Å². The molecular formula is C21H23FN2O. The number of carbonyl (C=O) groups is 1. The third-order valence-corrected chi connectivity index (χ3v) is 4.50. The van der Waals surface area contributed by atoms with Crippen molar-refractivity contribution < 1.29 is 9.18 Å². The lowest BCUT2D eigenvalue weighted by atomic mass is 10.1. The molecule has 4 heteroatoms. The fourth-order valence-electron chi connectivity index (χ4n) is 3.03. The van der Waals surface area contributed by atoms with E-state index in [0.717, 1.165) is 38.3 Å². The van der Waals surface area contributed by atoms with Crippen molar-refractivity contribution in [3.8, 4) is 0 Å². The van der Waals surface area contributed by atoms with Crippen molar-refractivity contribution >= 4 is 17.5 Å². The van der Waals surface area contributed by atoms with Gasteiger partial charge < -0.3 is 4.90 Å². The molecule has 0 unspecified atom stereocenters. The van der Waals surface area contributed by atoms with Crippen molar-refractivity contribution in [2.45, 2.75) is 6.42 Å². The quantitative estimate of drug-likeness (QED) is 0.752. The second-order valence-corrected chi connectivity index (χ2v) is 6.24. The highest BCUT2D eigenvalue weighted by atomic mass is 19.1. The van der Waals surface area contributed by atoms with Crippen molar-refractivity contribution in [2.24, 2.45) is 0 Å². The maximum atomic E-state index is 13.8. The average molecular weight is 338 g/mol. The molecule has 25 heavy (non-hydrogen) atoms. The maximum Gasteiger partial charge on any atom is 0.156 e. The second-order valence-electron chi connectivity index (χ2n) is 6.24. The summed E-state index contributed by atoms with van der Waals surface area (Å²) in [6.07, 6.45) is 4.03. The van der Waals surface area contributed by atoms with Crippen LogP contribution in [-0.2, 0) is 4.79 Å². The van der Waals surface area contributed by atoms with Crippen molar-refractivity contribution in [3.63, 3.8) is 0 Å². The highest BCUT2D eigenvalue weighted by molar-refractivity contribution is 5.93. The molecule has 0 N–H and O–H groups in total. The minimum Gasteiger partial charge on any atom is -0.367 e. The van der Waals surface area contributed by atoms with Crippen LogP contribution in [0.3, 0.4) is 0 Å². The first-order valence-corrected chi connectivity index (χ1v) is 8.70. The Hall–Kier alpha value is -2.46. The Kier molecular flexibility index (Phi) is 5.96. The van der Waals surface area contributed by atoms with Crippen LogP contribution in [0.2, 0.25) is 0 Å². The van der Waals surface area contributed by atoms with Gasteiger partial charge >= 0.3 is 0 Å². The number of ketones is 1. The third kappa shape index (κ3) is 5.00. The van der Waals surface area contributed by atoms with Gasteiger partial charge in [-0.2, -0.15) is 0 Å². The number of para-hydroxylation sites is 1. The zero-order valence-corrected chi connectivity index (χ0v) is 14.3. The number of carbonyl (C=O) groups excluding carboxylic acids is 1. The Balaban J connectivity index is 1.43. The molecular weight excluding hydrogens is 315 g/mol. The number of nitrogens with zero attached hydrogens (tertiary/aromatic N) is 2. The summed E-state index contributed by atoms with van der Waals surface area (Å²) in [7, 11) is 0. The number of benzene rings is 2. The van der Waals surface area contributed by atoms with E-state index in [1.807, 2.05) is 48.5 Å². The number of piperazine rings is 1. The molecule has 1 fully saturated rings. The van der Waals surface area contributed by atoms with E-state index >= 15 is 0 Å². The van der Waals surface area contributed by atoms with Gasteiger partial charge in [0.25, 0.3) is 0 Å². The van der Waals surface area contributed by atoms with Gasteiger partial charge in [0.1, 0.15) is 5.82 Å². The fourth-order valence-corrected chi connectivity index (χ4v) is 3.03. The zero-order valence-electron chi connectivity index (χ0n) is 14.3. The van der Waals surface area contributed by atoms with Crippen LogP contribution in [0.4, 0.5) is 10.1 Å². The lowest BCUT2D eigenvalue weighted by molar-refractivity contribution is -0.114. The van der Waals surface area contributed by atoms with E-state index in [9.17, 15) is 9.18 Å². The number of hydrogen-bond donors (Lipinski definition) is 0. The number of hydrogen-bond acceptors (Lipinski definition) is 3. The summed E-state index contributed by atoms with van der Waals surface area (Å²) >= 11 is 0. The largest absolute Gasteiger partial charge is 0.367 e. The molecule has 1 saturated heterocycles. The van der Waals surface area contributed by atoms with Gasteiger partial charge in [0, 0.05) is 39.1 Å². The smallest absolute Gasteiger partial charge is 0.156 e. The molecule has 0 aromatic heterocycles. The minimum atomic E-state index is -0.169. The van der Waals surface area contributed by atoms with Crippen molar-refractivity contribution in [1.29, 1.82) is 0 Å². The number of anilines is 1. The highest BCUT2D eigenvalue weighted by Crippen LogP contribution is 2.20. The van der Waals surface area contributed by atoms with E-state index in [0.29, 0.717) is 12.1 Å². The second kappa shape index (κ2) is 8.58. The van der Waals surface area contributed by atoms with Gasteiger partial charge in [0.05, 0.1) is 5.69 Å². The lowest BCUT2D eigenvalue weighted by Gasteiger charge is -2.36. The highest BCUT2D eigenvalue weighted by Gasteiger charge is 2.19. The van der Waals surface area contributed by atoms with Gasteiger partial charge in [0.15, 0.2) is 5.78 Å². The molecule has 3 rings (SSSR count). The predicted molar refractivity (Wildman–Crippen MR) is 100 cm³/mol.